The van der Waals surface area contributed by atoms with Gasteiger partial charge in [-0.25, -0.2) is 4.79 Å². The molecule has 0 aliphatic heterocycles. The van der Waals surface area contributed by atoms with Crippen LogP contribution >= 0.6 is 0 Å². The van der Waals surface area contributed by atoms with Gasteiger partial charge in [-0.05, 0) is 12.3 Å². The molecule has 10 nitrogen and oxygen atoms in total. The Labute approximate surface area is 139 Å². The summed E-state index contributed by atoms with van der Waals surface area (Å²) in [5.41, 5.74) is 10.5. The summed E-state index contributed by atoms with van der Waals surface area (Å²) in [6, 6.07) is -3.57. The van der Waals surface area contributed by atoms with Crippen molar-refractivity contribution in [2.75, 3.05) is 6.61 Å². The van der Waals surface area contributed by atoms with Crippen molar-refractivity contribution in [3.63, 3.8) is 0 Å². The Morgan fingerprint density at radius 1 is 1.12 bits per heavy atom. The van der Waals surface area contributed by atoms with Gasteiger partial charge in [0, 0.05) is 6.42 Å². The molecule has 0 bridgehead atoms. The van der Waals surface area contributed by atoms with Gasteiger partial charge in [-0.2, -0.15) is 0 Å². The van der Waals surface area contributed by atoms with Gasteiger partial charge in [0.2, 0.25) is 17.7 Å². The van der Waals surface area contributed by atoms with Crippen LogP contribution in [0.1, 0.15) is 33.1 Å². The van der Waals surface area contributed by atoms with E-state index in [1.165, 1.54) is 0 Å². The van der Waals surface area contributed by atoms with Crippen LogP contribution in [0.4, 0.5) is 0 Å². The number of amides is 3. The molecule has 0 rings (SSSR count). The lowest BCUT2D eigenvalue weighted by Crippen LogP contribution is -2.56. The zero-order valence-corrected chi connectivity index (χ0v) is 13.8. The lowest BCUT2D eigenvalue weighted by molar-refractivity contribution is -0.144. The molecular formula is C14H26N4O6. The molecule has 0 unspecified atom stereocenters. The third kappa shape index (κ3) is 7.38. The van der Waals surface area contributed by atoms with E-state index in [1.54, 1.807) is 13.8 Å². The number of carbonyl (C=O) groups excluding carboxylic acids is 3. The number of aliphatic carboxylic acids is 1. The van der Waals surface area contributed by atoms with Crippen LogP contribution in [-0.4, -0.2) is 58.6 Å². The molecule has 4 atom stereocenters. The van der Waals surface area contributed by atoms with Gasteiger partial charge < -0.3 is 32.3 Å². The van der Waals surface area contributed by atoms with E-state index >= 15 is 0 Å². The normalized spacial score (nSPS) is 15.7. The summed E-state index contributed by atoms with van der Waals surface area (Å²) < 4.78 is 0. The monoisotopic (exact) mass is 346 g/mol. The molecule has 0 aliphatic rings. The van der Waals surface area contributed by atoms with Crippen molar-refractivity contribution in [2.24, 2.45) is 17.4 Å². The molecule has 0 saturated heterocycles. The van der Waals surface area contributed by atoms with Crippen molar-refractivity contribution < 1.29 is 29.4 Å². The van der Waals surface area contributed by atoms with Crippen LogP contribution in [0.2, 0.25) is 0 Å². The number of hydrogen-bond donors (Lipinski definition) is 6. The minimum Gasteiger partial charge on any atom is -0.480 e. The quantitative estimate of drug-likeness (QED) is 0.242. The van der Waals surface area contributed by atoms with Crippen LogP contribution in [0, 0.1) is 5.92 Å². The van der Waals surface area contributed by atoms with Gasteiger partial charge in [-0.1, -0.05) is 20.3 Å². The summed E-state index contributed by atoms with van der Waals surface area (Å²) in [4.78, 5) is 45.8. The fraction of sp³-hybridized carbons (Fsp3) is 0.714. The first-order valence-electron chi connectivity index (χ1n) is 7.62. The minimum absolute atomic E-state index is 0.00838. The van der Waals surface area contributed by atoms with Crippen molar-refractivity contribution in [1.29, 1.82) is 0 Å². The first-order chi connectivity index (χ1) is 11.1. The van der Waals surface area contributed by atoms with Crippen molar-refractivity contribution in [2.45, 2.75) is 51.2 Å². The van der Waals surface area contributed by atoms with Crippen molar-refractivity contribution in [1.82, 2.24) is 10.6 Å². The molecule has 10 heteroatoms. The van der Waals surface area contributed by atoms with Crippen LogP contribution in [0.25, 0.3) is 0 Å². The Morgan fingerprint density at radius 2 is 1.71 bits per heavy atom. The molecule has 3 amide bonds. The minimum atomic E-state index is -1.34. The van der Waals surface area contributed by atoms with Crippen molar-refractivity contribution in [3.05, 3.63) is 0 Å². The maximum Gasteiger partial charge on any atom is 0.326 e. The molecule has 0 aromatic rings. The Kier molecular flexibility index (Phi) is 9.58. The van der Waals surface area contributed by atoms with E-state index in [4.69, 9.17) is 16.6 Å². The fourth-order valence-corrected chi connectivity index (χ4v) is 1.84. The fourth-order valence-electron chi connectivity index (χ4n) is 1.84. The molecule has 0 radical (unpaired) electrons. The van der Waals surface area contributed by atoms with E-state index in [1.807, 2.05) is 0 Å². The Bertz CT molecular complexity index is 470. The molecule has 0 aliphatic carbocycles. The van der Waals surface area contributed by atoms with E-state index in [9.17, 15) is 24.3 Å². The SMILES string of the molecule is CC[C@H](C)[C@H](NC(=O)[C@H](CO)NC(=O)[C@@H](N)CCC(N)=O)C(=O)O. The van der Waals surface area contributed by atoms with E-state index in [-0.39, 0.29) is 18.8 Å². The Morgan fingerprint density at radius 3 is 2.12 bits per heavy atom. The van der Waals surface area contributed by atoms with Gasteiger partial charge >= 0.3 is 5.97 Å². The van der Waals surface area contributed by atoms with Gasteiger partial charge in [0.15, 0.2) is 0 Å². The maximum atomic E-state index is 12.1. The van der Waals surface area contributed by atoms with E-state index in [0.29, 0.717) is 6.42 Å². The van der Waals surface area contributed by atoms with E-state index < -0.39 is 48.4 Å². The van der Waals surface area contributed by atoms with Crippen LogP contribution in [0.15, 0.2) is 0 Å². The number of aliphatic hydroxyl groups excluding tert-OH is 1. The van der Waals surface area contributed by atoms with E-state index in [0.717, 1.165) is 0 Å². The van der Waals surface area contributed by atoms with Crippen LogP contribution in [0.3, 0.4) is 0 Å². The van der Waals surface area contributed by atoms with Crippen LogP contribution in [0.5, 0.6) is 0 Å². The highest BCUT2D eigenvalue weighted by atomic mass is 16.4. The van der Waals surface area contributed by atoms with E-state index in [2.05, 4.69) is 10.6 Å². The van der Waals surface area contributed by atoms with Gasteiger partial charge in [0.05, 0.1) is 12.6 Å². The van der Waals surface area contributed by atoms with Gasteiger partial charge in [0.25, 0.3) is 0 Å². The highest BCUT2D eigenvalue weighted by molar-refractivity contribution is 5.92. The molecule has 0 fully saturated rings. The lowest BCUT2D eigenvalue weighted by Gasteiger charge is -2.24. The summed E-state index contributed by atoms with van der Waals surface area (Å²) in [7, 11) is 0. The largest absolute Gasteiger partial charge is 0.480 e. The average Bonchev–Trinajstić information content (AvgIpc) is 2.53. The number of rotatable bonds is 11. The van der Waals surface area contributed by atoms with Gasteiger partial charge in [-0.15, -0.1) is 0 Å². The average molecular weight is 346 g/mol. The number of carbonyl (C=O) groups is 4. The predicted molar refractivity (Wildman–Crippen MR) is 84.4 cm³/mol. The molecule has 8 N–H and O–H groups in total. The number of primary amides is 1. The number of nitrogens with one attached hydrogen (secondary N) is 2. The second-order valence-electron chi connectivity index (χ2n) is 5.57. The highest BCUT2D eigenvalue weighted by Gasteiger charge is 2.30. The van der Waals surface area contributed by atoms with Gasteiger partial charge in [-0.3, -0.25) is 14.4 Å². The van der Waals surface area contributed by atoms with Crippen LogP contribution in [-0.2, 0) is 19.2 Å². The zero-order valence-electron chi connectivity index (χ0n) is 13.8. The second-order valence-corrected chi connectivity index (χ2v) is 5.57. The number of carboxylic acid groups (broad SMARTS) is 1. The van der Waals surface area contributed by atoms with Crippen LogP contribution < -0.4 is 22.1 Å². The molecule has 0 aromatic heterocycles. The predicted octanol–water partition coefficient (Wildman–Crippen LogP) is -2.33. The summed E-state index contributed by atoms with van der Waals surface area (Å²) in [5.74, 6) is -3.74. The standard InChI is InChI=1S/C14H26N4O6/c1-3-7(2)11(14(23)24)18-13(22)9(6-19)17-12(21)8(15)4-5-10(16)20/h7-9,11,19H,3-6,15H2,1-2H3,(H2,16,20)(H,17,21)(H,18,22)(H,23,24)/t7-,8-,9-,11-/m0/s1. The van der Waals surface area contributed by atoms with Crippen molar-refractivity contribution in [3.8, 4) is 0 Å². The summed E-state index contributed by atoms with van der Waals surface area (Å²) >= 11 is 0. The molecule has 24 heavy (non-hydrogen) atoms. The smallest absolute Gasteiger partial charge is 0.326 e. The Balaban J connectivity index is 4.76. The molecule has 0 heterocycles. The zero-order chi connectivity index (χ0) is 18.9. The molecule has 138 valence electrons. The molecular weight excluding hydrogens is 320 g/mol. The number of carboxylic acids is 1. The maximum absolute atomic E-state index is 12.1. The summed E-state index contributed by atoms with van der Waals surface area (Å²) in [5, 5.41) is 22.9. The number of hydrogen-bond acceptors (Lipinski definition) is 6. The molecule has 0 spiro atoms. The lowest BCUT2D eigenvalue weighted by atomic mass is 9.99. The first kappa shape index (κ1) is 21.8. The third-order valence-corrected chi connectivity index (χ3v) is 3.63. The third-order valence-electron chi connectivity index (χ3n) is 3.63. The topological polar surface area (TPSA) is 185 Å². The Hall–Kier alpha value is -2.20. The highest BCUT2D eigenvalue weighted by Crippen LogP contribution is 2.08. The number of aliphatic hydroxyl groups is 1. The van der Waals surface area contributed by atoms with Gasteiger partial charge in [0.1, 0.15) is 12.1 Å². The summed E-state index contributed by atoms with van der Waals surface area (Å²) in [6.45, 7) is 2.70. The molecule has 0 aromatic carbocycles. The molecule has 0 saturated carbocycles. The first-order valence-corrected chi connectivity index (χ1v) is 7.62. The number of nitrogens with two attached hydrogens (primary N) is 2. The van der Waals surface area contributed by atoms with Crippen molar-refractivity contribution >= 4 is 23.7 Å². The summed E-state index contributed by atoms with van der Waals surface area (Å²) in [6.07, 6.45) is 0.413. The second kappa shape index (κ2) is 10.6.